The molecule has 2 aromatic rings. The summed E-state index contributed by atoms with van der Waals surface area (Å²) in [4.78, 5) is 28.8. The second-order valence-electron chi connectivity index (χ2n) is 7.37. The van der Waals surface area contributed by atoms with Crippen molar-refractivity contribution in [1.82, 2.24) is 19.9 Å². The third kappa shape index (κ3) is 7.97. The van der Waals surface area contributed by atoms with Gasteiger partial charge in [-0.1, -0.05) is 32.0 Å². The number of alkyl carbamates (subject to hydrolysis) is 1. The van der Waals surface area contributed by atoms with Gasteiger partial charge in [-0.3, -0.25) is 4.79 Å². The summed E-state index contributed by atoms with van der Waals surface area (Å²) >= 11 is 1.34. The molecule has 0 saturated carbocycles. The minimum atomic E-state index is -1.46. The van der Waals surface area contributed by atoms with Crippen molar-refractivity contribution in [1.29, 1.82) is 0 Å². The normalized spacial score (nSPS) is 13.1. The Labute approximate surface area is 194 Å². The molecular weight excluding hydrogens is 452 g/mol. The van der Waals surface area contributed by atoms with Crippen LogP contribution in [0.25, 0.3) is 0 Å². The molecule has 0 aliphatic rings. The van der Waals surface area contributed by atoms with Gasteiger partial charge in [0.05, 0.1) is 31.2 Å². The SMILES string of the molecule is COC(=O)NCC(=O)NCc1cnc(C(CO)N(CCC(C)C)S(=O)c2ccccc2)s1. The number of rotatable bonds is 12. The summed E-state index contributed by atoms with van der Waals surface area (Å²) in [5, 5.41) is 15.8. The van der Waals surface area contributed by atoms with Gasteiger partial charge in [0.1, 0.15) is 22.5 Å². The predicted octanol–water partition coefficient (Wildman–Crippen LogP) is 2.22. The van der Waals surface area contributed by atoms with E-state index in [2.05, 4.69) is 34.2 Å². The first-order valence-electron chi connectivity index (χ1n) is 10.2. The van der Waals surface area contributed by atoms with Crippen molar-refractivity contribution in [3.05, 3.63) is 46.4 Å². The zero-order chi connectivity index (χ0) is 23.5. The Balaban J connectivity index is 2.10. The molecule has 0 radical (unpaired) electrons. The average Bonchev–Trinajstić information content (AvgIpc) is 3.27. The summed E-state index contributed by atoms with van der Waals surface area (Å²) in [6.07, 6.45) is 1.76. The molecule has 3 N–H and O–H groups in total. The number of amides is 2. The van der Waals surface area contributed by atoms with E-state index in [1.807, 2.05) is 18.2 Å². The van der Waals surface area contributed by atoms with Gasteiger partial charge < -0.3 is 20.5 Å². The van der Waals surface area contributed by atoms with Crippen molar-refractivity contribution in [3.8, 4) is 0 Å². The van der Waals surface area contributed by atoms with Crippen molar-refractivity contribution < 1.29 is 23.6 Å². The number of ether oxygens (including phenoxy) is 1. The number of methoxy groups -OCH3 is 1. The second-order valence-corrected chi connectivity index (χ2v) is 9.96. The van der Waals surface area contributed by atoms with Crippen LogP contribution >= 0.6 is 11.3 Å². The first-order chi connectivity index (χ1) is 15.3. The highest BCUT2D eigenvalue weighted by Gasteiger charge is 2.28. The highest BCUT2D eigenvalue weighted by molar-refractivity contribution is 7.82. The molecule has 0 spiro atoms. The number of thiazole rings is 1. The van der Waals surface area contributed by atoms with Crippen LogP contribution in [-0.2, 0) is 27.1 Å². The number of benzene rings is 1. The minimum Gasteiger partial charge on any atom is -0.453 e. The molecule has 0 aliphatic carbocycles. The average molecular weight is 483 g/mol. The Morgan fingerprint density at radius 1 is 1.25 bits per heavy atom. The molecule has 0 fully saturated rings. The molecule has 1 heterocycles. The molecule has 1 aromatic carbocycles. The largest absolute Gasteiger partial charge is 0.453 e. The van der Waals surface area contributed by atoms with Gasteiger partial charge in [0.25, 0.3) is 0 Å². The summed E-state index contributed by atoms with van der Waals surface area (Å²) < 4.78 is 19.5. The molecular formula is C21H30N4O5S2. The zero-order valence-corrected chi connectivity index (χ0v) is 20.1. The highest BCUT2D eigenvalue weighted by Crippen LogP contribution is 2.29. The summed E-state index contributed by atoms with van der Waals surface area (Å²) in [6, 6.07) is 8.61. The smallest absolute Gasteiger partial charge is 0.407 e. The topological polar surface area (TPSA) is 121 Å². The molecule has 2 amide bonds. The molecule has 9 nitrogen and oxygen atoms in total. The monoisotopic (exact) mass is 482 g/mol. The lowest BCUT2D eigenvalue weighted by atomic mass is 10.1. The van der Waals surface area contributed by atoms with Gasteiger partial charge in [-0.25, -0.2) is 18.3 Å². The van der Waals surface area contributed by atoms with Crippen molar-refractivity contribution in [2.24, 2.45) is 5.92 Å². The Bertz CT molecular complexity index is 891. The third-order valence-electron chi connectivity index (χ3n) is 4.50. The van der Waals surface area contributed by atoms with Crippen LogP contribution in [0.4, 0.5) is 4.79 Å². The third-order valence-corrected chi connectivity index (χ3v) is 7.14. The van der Waals surface area contributed by atoms with Crippen molar-refractivity contribution in [2.75, 3.05) is 26.8 Å². The van der Waals surface area contributed by atoms with Gasteiger partial charge in [0.2, 0.25) is 5.91 Å². The molecule has 0 aliphatic heterocycles. The van der Waals surface area contributed by atoms with Crippen LogP contribution < -0.4 is 10.6 Å². The number of aliphatic hydroxyl groups is 1. The van der Waals surface area contributed by atoms with E-state index in [4.69, 9.17) is 0 Å². The first-order valence-corrected chi connectivity index (χ1v) is 12.2. The maximum Gasteiger partial charge on any atom is 0.407 e. The van der Waals surface area contributed by atoms with Gasteiger partial charge in [0, 0.05) is 17.6 Å². The maximum atomic E-state index is 13.3. The number of hydrogen-bond acceptors (Lipinski definition) is 7. The molecule has 2 unspecified atom stereocenters. The fraction of sp³-hybridized carbons (Fsp3) is 0.476. The lowest BCUT2D eigenvalue weighted by molar-refractivity contribution is -0.120. The number of aliphatic hydroxyl groups excluding tert-OH is 1. The van der Waals surface area contributed by atoms with Gasteiger partial charge in [-0.05, 0) is 24.5 Å². The lowest BCUT2D eigenvalue weighted by Crippen LogP contribution is -2.36. The summed E-state index contributed by atoms with van der Waals surface area (Å²) in [6.45, 7) is 4.52. The molecule has 0 saturated heterocycles. The Hall–Kier alpha value is -2.34. The van der Waals surface area contributed by atoms with Gasteiger partial charge in [-0.15, -0.1) is 11.3 Å². The fourth-order valence-electron chi connectivity index (χ4n) is 2.74. The van der Waals surface area contributed by atoms with E-state index in [0.29, 0.717) is 22.4 Å². The fourth-order valence-corrected chi connectivity index (χ4v) is 5.09. The van der Waals surface area contributed by atoms with E-state index >= 15 is 0 Å². The van der Waals surface area contributed by atoms with E-state index in [0.717, 1.165) is 11.3 Å². The van der Waals surface area contributed by atoms with E-state index in [9.17, 15) is 18.9 Å². The van der Waals surface area contributed by atoms with Crippen LogP contribution in [0.3, 0.4) is 0 Å². The van der Waals surface area contributed by atoms with E-state index in [-0.39, 0.29) is 25.6 Å². The quantitative estimate of drug-likeness (QED) is 0.427. The van der Waals surface area contributed by atoms with Crippen LogP contribution in [0.2, 0.25) is 0 Å². The van der Waals surface area contributed by atoms with E-state index in [1.165, 1.54) is 18.4 Å². The molecule has 1 aromatic heterocycles. The number of carbonyl (C=O) groups excluding carboxylic acids is 2. The Morgan fingerprint density at radius 3 is 2.59 bits per heavy atom. The second kappa shape index (κ2) is 13.3. The standard InChI is InChI=1S/C21H30N4O5S2/c1-15(2)9-10-25(32(29)17-7-5-4-6-8-17)18(14-26)20-23-12-16(31-20)11-22-19(27)13-24-21(28)30-3/h4-8,12,15,18,26H,9-11,13-14H2,1-3H3,(H,22,27)(H,24,28). The van der Waals surface area contributed by atoms with E-state index in [1.54, 1.807) is 22.6 Å². The van der Waals surface area contributed by atoms with Crippen LogP contribution in [-0.4, -0.2) is 57.4 Å². The summed E-state index contributed by atoms with van der Waals surface area (Å²) in [5.41, 5.74) is 0. The lowest BCUT2D eigenvalue weighted by Gasteiger charge is -2.28. The number of hydrogen-bond donors (Lipinski definition) is 3. The van der Waals surface area contributed by atoms with Crippen LogP contribution in [0, 0.1) is 5.92 Å². The van der Waals surface area contributed by atoms with Gasteiger partial charge in [-0.2, -0.15) is 0 Å². The number of nitrogens with one attached hydrogen (secondary N) is 2. The van der Waals surface area contributed by atoms with E-state index < -0.39 is 23.1 Å². The molecule has 2 rings (SSSR count). The number of nitrogens with zero attached hydrogens (tertiary/aromatic N) is 2. The predicted molar refractivity (Wildman–Crippen MR) is 123 cm³/mol. The van der Waals surface area contributed by atoms with Crippen molar-refractivity contribution in [3.63, 3.8) is 0 Å². The summed E-state index contributed by atoms with van der Waals surface area (Å²) in [7, 11) is -0.239. The summed E-state index contributed by atoms with van der Waals surface area (Å²) in [5.74, 6) is 0.0399. The first kappa shape index (κ1) is 25.9. The zero-order valence-electron chi connectivity index (χ0n) is 18.4. The van der Waals surface area contributed by atoms with Crippen molar-refractivity contribution in [2.45, 2.75) is 37.8 Å². The molecule has 2 atom stereocenters. The molecule has 32 heavy (non-hydrogen) atoms. The molecule has 0 bridgehead atoms. The maximum absolute atomic E-state index is 13.3. The highest BCUT2D eigenvalue weighted by atomic mass is 32.2. The van der Waals surface area contributed by atoms with Crippen molar-refractivity contribution >= 4 is 34.3 Å². The Morgan fingerprint density at radius 2 is 1.97 bits per heavy atom. The van der Waals surface area contributed by atoms with Gasteiger partial charge >= 0.3 is 6.09 Å². The number of aromatic nitrogens is 1. The number of carbonyl (C=O) groups is 2. The van der Waals surface area contributed by atoms with Crippen LogP contribution in [0.5, 0.6) is 0 Å². The Kier molecular flexibility index (Phi) is 10.7. The molecule has 176 valence electrons. The van der Waals surface area contributed by atoms with Gasteiger partial charge in [0.15, 0.2) is 0 Å². The minimum absolute atomic E-state index is 0.198. The van der Waals surface area contributed by atoms with Crippen LogP contribution in [0.1, 0.15) is 36.2 Å². The molecule has 11 heteroatoms. The van der Waals surface area contributed by atoms with Crippen LogP contribution in [0.15, 0.2) is 41.4 Å².